The highest BCUT2D eigenvalue weighted by molar-refractivity contribution is 5.78. The Morgan fingerprint density at radius 2 is 1.67 bits per heavy atom. The lowest BCUT2D eigenvalue weighted by Crippen LogP contribution is -2.34. The number of alkyl halides is 6. The van der Waals surface area contributed by atoms with Crippen molar-refractivity contribution < 1.29 is 45.8 Å². The predicted molar refractivity (Wildman–Crippen MR) is 102 cm³/mol. The van der Waals surface area contributed by atoms with Crippen molar-refractivity contribution in [1.29, 1.82) is 0 Å². The molecule has 13 heteroatoms. The first kappa shape index (κ1) is 25.7. The van der Waals surface area contributed by atoms with Crippen LogP contribution in [-0.2, 0) is 11.0 Å². The number of amides is 2. The number of rotatable bonds is 8. The number of hydrogen-bond donors (Lipinski definition) is 3. The Labute approximate surface area is 183 Å². The van der Waals surface area contributed by atoms with E-state index >= 15 is 0 Å². The molecule has 1 aromatic heterocycles. The summed E-state index contributed by atoms with van der Waals surface area (Å²) in [6.07, 6.45) is -9.92. The largest absolute Gasteiger partial charge is 0.483 e. The highest BCUT2D eigenvalue weighted by atomic mass is 19.4. The molecule has 1 aromatic carbocycles. The topological polar surface area (TPSA) is 101 Å². The van der Waals surface area contributed by atoms with E-state index in [1.165, 1.54) is 19.1 Å². The normalized spacial score (nSPS) is 13.7. The number of ether oxygens (including phenoxy) is 1. The van der Waals surface area contributed by atoms with Crippen molar-refractivity contribution in [3.8, 4) is 5.75 Å². The summed E-state index contributed by atoms with van der Waals surface area (Å²) in [5, 5.41) is 13.6. The monoisotopic (exact) mass is 479 g/mol. The van der Waals surface area contributed by atoms with Gasteiger partial charge in [0.1, 0.15) is 5.75 Å². The summed E-state index contributed by atoms with van der Waals surface area (Å²) in [7, 11) is 0. The number of nitrogens with one attached hydrogen (secondary N) is 2. The minimum absolute atomic E-state index is 0.123. The minimum Gasteiger partial charge on any atom is -0.483 e. The Hall–Kier alpha value is -3.51. The lowest BCUT2D eigenvalue weighted by Gasteiger charge is -2.20. The van der Waals surface area contributed by atoms with E-state index in [1.807, 2.05) is 0 Å². The predicted octanol–water partition coefficient (Wildman–Crippen LogP) is 4.62. The molecule has 0 radical (unpaired) electrons. The van der Waals surface area contributed by atoms with Gasteiger partial charge in [-0.3, -0.25) is 9.78 Å². The third-order valence-electron chi connectivity index (χ3n) is 4.31. The molecule has 0 aliphatic carbocycles. The average Bonchev–Trinajstić information content (AvgIpc) is 2.70. The van der Waals surface area contributed by atoms with Crippen LogP contribution in [0.3, 0.4) is 0 Å². The van der Waals surface area contributed by atoms with Gasteiger partial charge < -0.3 is 20.5 Å². The first-order chi connectivity index (χ1) is 15.2. The van der Waals surface area contributed by atoms with Gasteiger partial charge in [0.15, 0.2) is 6.61 Å². The van der Waals surface area contributed by atoms with Gasteiger partial charge >= 0.3 is 18.4 Å². The van der Waals surface area contributed by atoms with Crippen LogP contribution in [0.1, 0.15) is 42.2 Å². The van der Waals surface area contributed by atoms with E-state index in [9.17, 15) is 35.9 Å². The molecule has 1 heterocycles. The molecule has 2 aromatic rings. The Morgan fingerprint density at radius 3 is 2.15 bits per heavy atom. The SMILES string of the molecule is CC(NC(=O)CC(NC(=O)O)c1ccc(C(F)(F)F)cc1)c1ccc(OCC(F)(F)F)cn1. The van der Waals surface area contributed by atoms with Crippen LogP contribution in [-0.4, -0.2) is 34.9 Å². The standard InChI is InChI=1S/C20H19F6N3O4/c1-11(15-7-6-14(9-27-15)33-10-19(21,22)23)28-17(30)8-16(29-18(31)32)12-2-4-13(5-3-12)20(24,25)26/h2-7,9,11,16,29H,8,10H2,1H3,(H,28,30)(H,31,32). The molecule has 0 spiro atoms. The van der Waals surface area contributed by atoms with Crippen LogP contribution < -0.4 is 15.4 Å². The van der Waals surface area contributed by atoms with E-state index in [0.717, 1.165) is 30.5 Å². The summed E-state index contributed by atoms with van der Waals surface area (Å²) in [5.41, 5.74) is -0.482. The zero-order valence-corrected chi connectivity index (χ0v) is 17.0. The molecule has 2 rings (SSSR count). The summed E-state index contributed by atoms with van der Waals surface area (Å²) in [5.74, 6) is -0.761. The van der Waals surface area contributed by atoms with Crippen LogP contribution in [0.2, 0.25) is 0 Å². The summed E-state index contributed by atoms with van der Waals surface area (Å²) in [6, 6.07) is 4.46. The second kappa shape index (κ2) is 10.4. The van der Waals surface area contributed by atoms with Crippen molar-refractivity contribution in [2.24, 2.45) is 0 Å². The Bertz CT molecular complexity index is 946. The molecular weight excluding hydrogens is 460 g/mol. The molecule has 2 unspecified atom stereocenters. The van der Waals surface area contributed by atoms with Gasteiger partial charge in [0, 0.05) is 0 Å². The van der Waals surface area contributed by atoms with Gasteiger partial charge in [0.25, 0.3) is 0 Å². The molecule has 0 aliphatic heterocycles. The molecule has 0 bridgehead atoms. The molecule has 0 aliphatic rings. The maximum atomic E-state index is 12.7. The van der Waals surface area contributed by atoms with Gasteiger partial charge in [0.05, 0.1) is 36.0 Å². The number of carbonyl (C=O) groups excluding carboxylic acids is 1. The fourth-order valence-electron chi connectivity index (χ4n) is 2.76. The Kier molecular flexibility index (Phi) is 8.12. The zero-order chi connectivity index (χ0) is 24.8. The fourth-order valence-corrected chi connectivity index (χ4v) is 2.76. The third kappa shape index (κ3) is 8.50. The molecule has 2 amide bonds. The highest BCUT2D eigenvalue weighted by Gasteiger charge is 2.31. The van der Waals surface area contributed by atoms with Crippen molar-refractivity contribution in [2.75, 3.05) is 6.61 Å². The van der Waals surface area contributed by atoms with Gasteiger partial charge in [-0.25, -0.2) is 4.79 Å². The molecule has 0 saturated carbocycles. The quantitative estimate of drug-likeness (QED) is 0.480. The molecule has 180 valence electrons. The van der Waals surface area contributed by atoms with Crippen LogP contribution in [0.4, 0.5) is 31.1 Å². The summed E-state index contributed by atoms with van der Waals surface area (Å²) in [4.78, 5) is 27.4. The maximum absolute atomic E-state index is 12.7. The second-order valence-corrected chi connectivity index (χ2v) is 6.94. The number of hydrogen-bond acceptors (Lipinski definition) is 4. The highest BCUT2D eigenvalue weighted by Crippen LogP contribution is 2.30. The van der Waals surface area contributed by atoms with Crippen LogP contribution >= 0.6 is 0 Å². The third-order valence-corrected chi connectivity index (χ3v) is 4.31. The molecule has 7 nitrogen and oxygen atoms in total. The van der Waals surface area contributed by atoms with Crippen molar-refractivity contribution in [1.82, 2.24) is 15.6 Å². The summed E-state index contributed by atoms with van der Waals surface area (Å²) < 4.78 is 79.3. The zero-order valence-electron chi connectivity index (χ0n) is 17.0. The van der Waals surface area contributed by atoms with Crippen LogP contribution in [0, 0.1) is 0 Å². The van der Waals surface area contributed by atoms with Crippen molar-refractivity contribution >= 4 is 12.0 Å². The Morgan fingerprint density at radius 1 is 1.03 bits per heavy atom. The molecule has 2 atom stereocenters. The van der Waals surface area contributed by atoms with Crippen molar-refractivity contribution in [2.45, 2.75) is 37.8 Å². The Balaban J connectivity index is 2.02. The van der Waals surface area contributed by atoms with E-state index < -0.39 is 55.0 Å². The van der Waals surface area contributed by atoms with Crippen LogP contribution in [0.25, 0.3) is 0 Å². The van der Waals surface area contributed by atoms with Crippen LogP contribution in [0.15, 0.2) is 42.6 Å². The maximum Gasteiger partial charge on any atom is 0.422 e. The summed E-state index contributed by atoms with van der Waals surface area (Å²) in [6.45, 7) is 0.0520. The number of aromatic nitrogens is 1. The summed E-state index contributed by atoms with van der Waals surface area (Å²) >= 11 is 0. The fraction of sp³-hybridized carbons (Fsp3) is 0.350. The van der Waals surface area contributed by atoms with E-state index in [2.05, 4.69) is 20.4 Å². The smallest absolute Gasteiger partial charge is 0.422 e. The lowest BCUT2D eigenvalue weighted by molar-refractivity contribution is -0.153. The molecule has 3 N–H and O–H groups in total. The number of halogens is 6. The average molecular weight is 479 g/mol. The number of pyridine rings is 1. The van der Waals surface area contributed by atoms with Gasteiger partial charge in [-0.1, -0.05) is 12.1 Å². The van der Waals surface area contributed by atoms with Crippen LogP contribution in [0.5, 0.6) is 5.75 Å². The van der Waals surface area contributed by atoms with E-state index in [1.54, 1.807) is 0 Å². The lowest BCUT2D eigenvalue weighted by atomic mass is 10.0. The first-order valence-electron chi connectivity index (χ1n) is 9.36. The molecule has 0 saturated heterocycles. The van der Waals surface area contributed by atoms with Gasteiger partial charge in [0.2, 0.25) is 5.91 Å². The van der Waals surface area contributed by atoms with E-state index in [-0.39, 0.29) is 11.3 Å². The molecule has 33 heavy (non-hydrogen) atoms. The number of nitrogens with zero attached hydrogens (tertiary/aromatic N) is 1. The number of benzene rings is 1. The van der Waals surface area contributed by atoms with Gasteiger partial charge in [-0.05, 0) is 36.8 Å². The molecular formula is C20H19F6N3O4. The number of carbonyl (C=O) groups is 2. The number of carboxylic acid groups (broad SMARTS) is 1. The van der Waals surface area contributed by atoms with Gasteiger partial charge in [-0.15, -0.1) is 0 Å². The minimum atomic E-state index is -4.57. The second-order valence-electron chi connectivity index (χ2n) is 6.94. The first-order valence-corrected chi connectivity index (χ1v) is 9.36. The van der Waals surface area contributed by atoms with Crippen molar-refractivity contribution in [3.63, 3.8) is 0 Å². The van der Waals surface area contributed by atoms with Gasteiger partial charge in [-0.2, -0.15) is 26.3 Å². The van der Waals surface area contributed by atoms with E-state index in [0.29, 0.717) is 5.69 Å². The molecule has 0 fully saturated rings. The van der Waals surface area contributed by atoms with E-state index in [4.69, 9.17) is 5.11 Å². The van der Waals surface area contributed by atoms with Crippen molar-refractivity contribution in [3.05, 3.63) is 59.4 Å².